The molecule has 0 radical (unpaired) electrons. The summed E-state index contributed by atoms with van der Waals surface area (Å²) in [6, 6.07) is 0. The molecule has 1 N–H and O–H groups in total. The van der Waals surface area contributed by atoms with Crippen LogP contribution in [0.1, 0.15) is 181 Å². The van der Waals surface area contributed by atoms with Crippen LogP contribution in [0.15, 0.2) is 97.2 Å². The number of allylic oxidation sites excluding steroid dienone is 16. The second-order valence-corrected chi connectivity index (χ2v) is 14.0. The Balaban J connectivity index is 3.69. The van der Waals surface area contributed by atoms with Crippen LogP contribution in [-0.4, -0.2) is 36.4 Å². The average Bonchev–Trinajstić information content (AvgIpc) is 3.17. The van der Waals surface area contributed by atoms with E-state index in [2.05, 4.69) is 111 Å². The van der Waals surface area contributed by atoms with Gasteiger partial charge in [-0.2, -0.15) is 0 Å². The lowest BCUT2D eigenvalue weighted by Crippen LogP contribution is -2.28. The normalized spacial score (nSPS) is 13.2. The highest BCUT2D eigenvalue weighted by Crippen LogP contribution is 2.11. The van der Waals surface area contributed by atoms with Crippen molar-refractivity contribution < 1.29 is 24.2 Å². The maximum absolute atomic E-state index is 12.2. The van der Waals surface area contributed by atoms with Gasteiger partial charge in [-0.25, -0.2) is 0 Å². The summed E-state index contributed by atoms with van der Waals surface area (Å²) in [7, 11) is 0. The Morgan fingerprint density at radius 1 is 0.444 bits per heavy atom. The Bertz CT molecular complexity index is 1070. The van der Waals surface area contributed by atoms with E-state index in [1.807, 2.05) is 0 Å². The molecule has 0 aliphatic carbocycles. The van der Waals surface area contributed by atoms with E-state index in [0.29, 0.717) is 12.8 Å². The lowest BCUT2D eigenvalue weighted by Gasteiger charge is -2.15. The number of ether oxygens (including phenoxy) is 2. The van der Waals surface area contributed by atoms with Gasteiger partial charge in [0.05, 0.1) is 6.61 Å². The minimum absolute atomic E-state index is 0.0896. The first-order chi connectivity index (χ1) is 26.6. The van der Waals surface area contributed by atoms with Crippen molar-refractivity contribution >= 4 is 11.9 Å². The summed E-state index contributed by atoms with van der Waals surface area (Å²) in [5.41, 5.74) is 0. The molecule has 0 aliphatic rings. The highest BCUT2D eigenvalue weighted by atomic mass is 16.6. The van der Waals surface area contributed by atoms with Crippen molar-refractivity contribution in [2.45, 2.75) is 187 Å². The van der Waals surface area contributed by atoms with Crippen LogP contribution in [0.3, 0.4) is 0 Å². The number of esters is 2. The van der Waals surface area contributed by atoms with Gasteiger partial charge >= 0.3 is 11.9 Å². The van der Waals surface area contributed by atoms with Gasteiger partial charge in [-0.15, -0.1) is 0 Å². The van der Waals surface area contributed by atoms with Crippen molar-refractivity contribution in [3.8, 4) is 0 Å². The molecule has 0 heterocycles. The largest absolute Gasteiger partial charge is 0.462 e. The molecule has 0 spiro atoms. The molecule has 0 saturated heterocycles. The third kappa shape index (κ3) is 41.6. The van der Waals surface area contributed by atoms with Gasteiger partial charge in [0.15, 0.2) is 6.10 Å². The lowest BCUT2D eigenvalue weighted by molar-refractivity contribution is -0.161. The van der Waals surface area contributed by atoms with Crippen molar-refractivity contribution in [2.75, 3.05) is 13.2 Å². The molecular formula is C49H80O5. The van der Waals surface area contributed by atoms with Gasteiger partial charge < -0.3 is 14.6 Å². The van der Waals surface area contributed by atoms with E-state index in [1.54, 1.807) is 0 Å². The summed E-state index contributed by atoms with van der Waals surface area (Å²) in [6.45, 7) is 3.97. The van der Waals surface area contributed by atoms with Crippen LogP contribution >= 0.6 is 0 Å². The zero-order valence-corrected chi connectivity index (χ0v) is 34.7. The van der Waals surface area contributed by atoms with Crippen LogP contribution in [0.2, 0.25) is 0 Å². The molecular weight excluding hydrogens is 669 g/mol. The van der Waals surface area contributed by atoms with Crippen LogP contribution in [0.4, 0.5) is 0 Å². The topological polar surface area (TPSA) is 72.8 Å². The fraction of sp³-hybridized carbons (Fsp3) is 0.633. The molecule has 5 heteroatoms. The number of unbranched alkanes of at least 4 members (excludes halogenated alkanes) is 14. The van der Waals surface area contributed by atoms with Crippen molar-refractivity contribution in [1.82, 2.24) is 0 Å². The first-order valence-corrected chi connectivity index (χ1v) is 21.8. The number of rotatable bonds is 38. The summed E-state index contributed by atoms with van der Waals surface area (Å²) >= 11 is 0. The molecule has 0 aliphatic heterocycles. The van der Waals surface area contributed by atoms with E-state index in [0.717, 1.165) is 96.3 Å². The van der Waals surface area contributed by atoms with E-state index in [4.69, 9.17) is 9.47 Å². The van der Waals surface area contributed by atoms with Crippen LogP contribution in [0.5, 0.6) is 0 Å². The molecule has 0 saturated carbocycles. The third-order valence-corrected chi connectivity index (χ3v) is 8.86. The summed E-state index contributed by atoms with van der Waals surface area (Å²) in [6.07, 6.45) is 61.9. The molecule has 54 heavy (non-hydrogen) atoms. The van der Waals surface area contributed by atoms with Crippen molar-refractivity contribution in [1.29, 1.82) is 0 Å². The first-order valence-electron chi connectivity index (χ1n) is 21.8. The van der Waals surface area contributed by atoms with E-state index < -0.39 is 6.10 Å². The predicted octanol–water partition coefficient (Wildman–Crippen LogP) is 14.1. The fourth-order valence-corrected chi connectivity index (χ4v) is 5.59. The maximum atomic E-state index is 12.2. The summed E-state index contributed by atoms with van der Waals surface area (Å²) in [5.74, 6) is -0.647. The average molecular weight is 749 g/mol. The summed E-state index contributed by atoms with van der Waals surface area (Å²) in [4.78, 5) is 24.3. The van der Waals surface area contributed by atoms with Gasteiger partial charge in [0.1, 0.15) is 6.61 Å². The Hall–Kier alpha value is -3.18. The van der Waals surface area contributed by atoms with E-state index >= 15 is 0 Å². The van der Waals surface area contributed by atoms with Crippen LogP contribution < -0.4 is 0 Å². The van der Waals surface area contributed by atoms with E-state index in [-0.39, 0.29) is 25.2 Å². The van der Waals surface area contributed by atoms with Crippen molar-refractivity contribution in [3.05, 3.63) is 97.2 Å². The smallest absolute Gasteiger partial charge is 0.306 e. The zero-order valence-electron chi connectivity index (χ0n) is 34.7. The minimum Gasteiger partial charge on any atom is -0.462 e. The van der Waals surface area contributed by atoms with Gasteiger partial charge in [0.25, 0.3) is 0 Å². The molecule has 0 aromatic carbocycles. The number of aliphatic hydroxyl groups is 1. The number of carbonyl (C=O) groups excluding carboxylic acids is 2. The minimum atomic E-state index is -0.799. The number of aliphatic hydroxyl groups excluding tert-OH is 1. The Kier molecular flexibility index (Phi) is 41.6. The molecule has 0 aromatic heterocycles. The predicted molar refractivity (Wildman–Crippen MR) is 232 cm³/mol. The van der Waals surface area contributed by atoms with Crippen molar-refractivity contribution in [3.63, 3.8) is 0 Å². The molecule has 5 nitrogen and oxygen atoms in total. The summed E-state index contributed by atoms with van der Waals surface area (Å²) in [5, 5.41) is 9.57. The standard InChI is InChI=1S/C49H80O5/c1-3-5-7-9-11-13-15-17-19-20-21-22-23-24-25-26-27-28-30-32-34-36-38-40-42-44-49(52)54-47(45-50)46-53-48(51)43-41-39-37-35-33-31-29-18-16-14-12-10-8-6-4-2/h5,7,11,13,17-19,21-22,24-25,27-29,32,34,47,50H,3-4,6,8-10,12,14-16,20,23,26,30-31,33,35-46H2,1-2H3/b7-5-,13-11-,19-17-,22-21-,25-24-,28-27-,29-18-,34-32-. The van der Waals surface area contributed by atoms with Gasteiger partial charge in [-0.05, 0) is 96.3 Å². The Morgan fingerprint density at radius 3 is 1.24 bits per heavy atom. The van der Waals surface area contributed by atoms with Gasteiger partial charge in [0, 0.05) is 12.8 Å². The molecule has 0 bridgehead atoms. The van der Waals surface area contributed by atoms with Gasteiger partial charge in [-0.3, -0.25) is 9.59 Å². The highest BCUT2D eigenvalue weighted by Gasteiger charge is 2.16. The maximum Gasteiger partial charge on any atom is 0.306 e. The Morgan fingerprint density at radius 2 is 0.796 bits per heavy atom. The van der Waals surface area contributed by atoms with Crippen LogP contribution in [0.25, 0.3) is 0 Å². The van der Waals surface area contributed by atoms with Crippen LogP contribution in [0, 0.1) is 0 Å². The lowest BCUT2D eigenvalue weighted by atomic mass is 10.1. The fourth-order valence-electron chi connectivity index (χ4n) is 5.59. The second kappa shape index (κ2) is 44.2. The van der Waals surface area contributed by atoms with E-state index in [9.17, 15) is 14.7 Å². The second-order valence-electron chi connectivity index (χ2n) is 14.0. The monoisotopic (exact) mass is 749 g/mol. The molecule has 0 fully saturated rings. The van der Waals surface area contributed by atoms with Crippen molar-refractivity contribution in [2.24, 2.45) is 0 Å². The van der Waals surface area contributed by atoms with Gasteiger partial charge in [-0.1, -0.05) is 169 Å². The molecule has 1 atom stereocenters. The van der Waals surface area contributed by atoms with Gasteiger partial charge in [0.2, 0.25) is 0 Å². The highest BCUT2D eigenvalue weighted by molar-refractivity contribution is 5.70. The first kappa shape index (κ1) is 50.8. The molecule has 0 aromatic rings. The molecule has 0 amide bonds. The molecule has 1 unspecified atom stereocenters. The van der Waals surface area contributed by atoms with E-state index in [1.165, 1.54) is 57.8 Å². The number of hydrogen-bond acceptors (Lipinski definition) is 5. The zero-order chi connectivity index (χ0) is 39.3. The third-order valence-electron chi connectivity index (χ3n) is 8.86. The van der Waals surface area contributed by atoms with Crippen LogP contribution in [-0.2, 0) is 19.1 Å². The quantitative estimate of drug-likeness (QED) is 0.0387. The molecule has 306 valence electrons. The Labute approximate surface area is 332 Å². The summed E-state index contributed by atoms with van der Waals surface area (Å²) < 4.78 is 10.6. The number of hydrogen-bond donors (Lipinski definition) is 1. The molecule has 0 rings (SSSR count). The number of carbonyl (C=O) groups is 2. The SMILES string of the molecule is CC/C=C\C/C=C\C/C=C\C/C=C\C/C=C\C/C=C\C/C=C\CCCCCC(=O)OC(CO)COC(=O)CCCCCCC/C=C\CCCCCCCC.